The summed E-state index contributed by atoms with van der Waals surface area (Å²) < 4.78 is 10.1. The van der Waals surface area contributed by atoms with Crippen LogP contribution in [0, 0.1) is 5.92 Å². The number of rotatable bonds is 9. The van der Waals surface area contributed by atoms with Crippen LogP contribution < -0.4 is 15.4 Å². The van der Waals surface area contributed by atoms with Gasteiger partial charge in [-0.05, 0) is 44.0 Å². The van der Waals surface area contributed by atoms with Crippen molar-refractivity contribution < 1.29 is 23.9 Å². The lowest BCUT2D eigenvalue weighted by Gasteiger charge is -2.17. The molecule has 0 heterocycles. The zero-order valence-corrected chi connectivity index (χ0v) is 15.1. The largest absolute Gasteiger partial charge is 0.494 e. The highest BCUT2D eigenvalue weighted by molar-refractivity contribution is 5.96. The van der Waals surface area contributed by atoms with E-state index in [-0.39, 0.29) is 31.0 Å². The number of esters is 1. The Morgan fingerprint density at radius 3 is 2.28 bits per heavy atom. The summed E-state index contributed by atoms with van der Waals surface area (Å²) in [6, 6.07) is 6.55. The first-order chi connectivity index (χ1) is 11.8. The van der Waals surface area contributed by atoms with E-state index in [2.05, 4.69) is 10.6 Å². The van der Waals surface area contributed by atoms with Gasteiger partial charge in [-0.25, -0.2) is 0 Å². The summed E-state index contributed by atoms with van der Waals surface area (Å²) in [4.78, 5) is 35.2. The first-order valence-corrected chi connectivity index (χ1v) is 8.29. The number of amides is 2. The zero-order chi connectivity index (χ0) is 18.8. The van der Waals surface area contributed by atoms with Crippen LogP contribution in [0.25, 0.3) is 0 Å². The number of carbonyl (C=O) groups excluding carboxylic acids is 3. The van der Waals surface area contributed by atoms with E-state index >= 15 is 0 Å². The Hall–Kier alpha value is -2.57. The summed E-state index contributed by atoms with van der Waals surface area (Å²) in [5.74, 6) is -0.495. The van der Waals surface area contributed by atoms with Gasteiger partial charge in [0.15, 0.2) is 6.61 Å². The predicted octanol–water partition coefficient (Wildman–Crippen LogP) is 1.52. The molecule has 0 saturated carbocycles. The Labute approximate surface area is 148 Å². The molecule has 0 fully saturated rings. The second-order valence-electron chi connectivity index (χ2n) is 5.90. The summed E-state index contributed by atoms with van der Waals surface area (Å²) in [5.41, 5.74) is 0.403. The van der Waals surface area contributed by atoms with Crippen LogP contribution in [0.1, 0.15) is 38.1 Å². The van der Waals surface area contributed by atoms with Gasteiger partial charge in [0.25, 0.3) is 11.8 Å². The van der Waals surface area contributed by atoms with Gasteiger partial charge in [0.2, 0.25) is 0 Å². The van der Waals surface area contributed by atoms with Gasteiger partial charge >= 0.3 is 5.97 Å². The lowest BCUT2D eigenvalue weighted by molar-refractivity contribution is -0.147. The van der Waals surface area contributed by atoms with Crippen molar-refractivity contribution >= 4 is 17.8 Å². The quantitative estimate of drug-likeness (QED) is 0.659. The molecule has 7 nitrogen and oxygen atoms in total. The molecule has 0 aliphatic carbocycles. The van der Waals surface area contributed by atoms with Crippen LogP contribution in [0.2, 0.25) is 0 Å². The van der Waals surface area contributed by atoms with Crippen LogP contribution in [0.3, 0.4) is 0 Å². The van der Waals surface area contributed by atoms with E-state index in [1.54, 1.807) is 24.3 Å². The molecule has 2 N–H and O–H groups in total. The third kappa shape index (κ3) is 7.69. The molecule has 0 bridgehead atoms. The molecule has 1 unspecified atom stereocenters. The average molecular weight is 350 g/mol. The minimum atomic E-state index is -0.674. The number of hydrogen-bond donors (Lipinski definition) is 2. The second kappa shape index (κ2) is 10.3. The Morgan fingerprint density at radius 1 is 1.08 bits per heavy atom. The standard InChI is InChI=1S/C18H26N2O5/c1-5-24-15-8-6-14(7-9-15)18(23)19-10-17(22)25-11-16(21)20-13(4)12(2)3/h6-9,12-13H,5,10-11H2,1-4H3,(H,19,23)(H,20,21). The average Bonchev–Trinajstić information content (AvgIpc) is 2.58. The van der Waals surface area contributed by atoms with Crippen molar-refractivity contribution in [1.82, 2.24) is 10.6 Å². The van der Waals surface area contributed by atoms with E-state index in [0.717, 1.165) is 0 Å². The summed E-state index contributed by atoms with van der Waals surface area (Å²) in [5, 5.41) is 5.17. The monoisotopic (exact) mass is 350 g/mol. The summed E-state index contributed by atoms with van der Waals surface area (Å²) in [7, 11) is 0. The van der Waals surface area contributed by atoms with Crippen LogP contribution in [0.4, 0.5) is 0 Å². The minimum absolute atomic E-state index is 0.00874. The van der Waals surface area contributed by atoms with Gasteiger partial charge in [0.1, 0.15) is 12.3 Å². The van der Waals surface area contributed by atoms with Crippen LogP contribution in [-0.2, 0) is 14.3 Å². The number of ether oxygens (including phenoxy) is 2. The minimum Gasteiger partial charge on any atom is -0.494 e. The molecule has 1 rings (SSSR count). The lowest BCUT2D eigenvalue weighted by Crippen LogP contribution is -2.39. The van der Waals surface area contributed by atoms with Gasteiger partial charge in [-0.2, -0.15) is 0 Å². The van der Waals surface area contributed by atoms with E-state index in [1.165, 1.54) is 0 Å². The van der Waals surface area contributed by atoms with Crippen LogP contribution >= 0.6 is 0 Å². The van der Waals surface area contributed by atoms with Crippen molar-refractivity contribution in [2.45, 2.75) is 33.7 Å². The molecule has 0 radical (unpaired) electrons. The van der Waals surface area contributed by atoms with Gasteiger partial charge in [0.05, 0.1) is 6.61 Å². The fraction of sp³-hybridized carbons (Fsp3) is 0.500. The highest BCUT2D eigenvalue weighted by Gasteiger charge is 2.13. The van der Waals surface area contributed by atoms with Crippen molar-refractivity contribution in [3.05, 3.63) is 29.8 Å². The van der Waals surface area contributed by atoms with E-state index in [9.17, 15) is 14.4 Å². The zero-order valence-electron chi connectivity index (χ0n) is 15.1. The van der Waals surface area contributed by atoms with Gasteiger partial charge in [-0.15, -0.1) is 0 Å². The normalized spacial score (nSPS) is 11.6. The molecule has 7 heteroatoms. The van der Waals surface area contributed by atoms with E-state index in [0.29, 0.717) is 17.9 Å². The molecule has 2 amide bonds. The van der Waals surface area contributed by atoms with Gasteiger partial charge in [-0.3, -0.25) is 14.4 Å². The van der Waals surface area contributed by atoms with E-state index in [1.807, 2.05) is 27.7 Å². The predicted molar refractivity (Wildman–Crippen MR) is 93.3 cm³/mol. The second-order valence-corrected chi connectivity index (χ2v) is 5.90. The van der Waals surface area contributed by atoms with Crippen molar-refractivity contribution in [3.8, 4) is 5.75 Å². The fourth-order valence-electron chi connectivity index (χ4n) is 1.78. The fourth-order valence-corrected chi connectivity index (χ4v) is 1.78. The van der Waals surface area contributed by atoms with E-state index in [4.69, 9.17) is 9.47 Å². The van der Waals surface area contributed by atoms with Crippen molar-refractivity contribution in [2.24, 2.45) is 5.92 Å². The van der Waals surface area contributed by atoms with Crippen molar-refractivity contribution in [3.63, 3.8) is 0 Å². The topological polar surface area (TPSA) is 93.7 Å². The van der Waals surface area contributed by atoms with Gasteiger partial charge in [-0.1, -0.05) is 13.8 Å². The molecule has 0 aliphatic rings. The number of hydrogen-bond acceptors (Lipinski definition) is 5. The first kappa shape index (κ1) is 20.5. The molecule has 0 aliphatic heterocycles. The smallest absolute Gasteiger partial charge is 0.325 e. The maximum atomic E-state index is 11.9. The Kier molecular flexibility index (Phi) is 8.46. The molecule has 0 spiro atoms. The number of nitrogens with one attached hydrogen (secondary N) is 2. The van der Waals surface area contributed by atoms with E-state index < -0.39 is 11.9 Å². The van der Waals surface area contributed by atoms with Gasteiger partial charge < -0.3 is 20.1 Å². The summed E-state index contributed by atoms with van der Waals surface area (Å²) >= 11 is 0. The molecule has 0 aromatic heterocycles. The molecule has 138 valence electrons. The molecular weight excluding hydrogens is 324 g/mol. The van der Waals surface area contributed by atoms with Crippen molar-refractivity contribution in [1.29, 1.82) is 0 Å². The Balaban J connectivity index is 2.33. The van der Waals surface area contributed by atoms with Crippen LogP contribution in [-0.4, -0.2) is 43.6 Å². The third-order valence-electron chi connectivity index (χ3n) is 3.57. The molecule has 1 aromatic carbocycles. The SMILES string of the molecule is CCOc1ccc(C(=O)NCC(=O)OCC(=O)NC(C)C(C)C)cc1. The molecule has 1 atom stereocenters. The molecule has 1 aromatic rings. The number of benzene rings is 1. The highest BCUT2D eigenvalue weighted by Crippen LogP contribution is 2.11. The summed E-state index contributed by atoms with van der Waals surface area (Å²) in [6.07, 6.45) is 0. The Morgan fingerprint density at radius 2 is 1.72 bits per heavy atom. The first-order valence-electron chi connectivity index (χ1n) is 8.29. The van der Waals surface area contributed by atoms with Crippen molar-refractivity contribution in [2.75, 3.05) is 19.8 Å². The number of carbonyl (C=O) groups is 3. The lowest BCUT2D eigenvalue weighted by atomic mass is 10.1. The van der Waals surface area contributed by atoms with Crippen LogP contribution in [0.5, 0.6) is 5.75 Å². The highest BCUT2D eigenvalue weighted by atomic mass is 16.5. The van der Waals surface area contributed by atoms with Crippen LogP contribution in [0.15, 0.2) is 24.3 Å². The maximum absolute atomic E-state index is 11.9. The molecule has 0 saturated heterocycles. The maximum Gasteiger partial charge on any atom is 0.325 e. The molecule has 25 heavy (non-hydrogen) atoms. The summed E-state index contributed by atoms with van der Waals surface area (Å²) in [6.45, 7) is 7.58. The third-order valence-corrected chi connectivity index (χ3v) is 3.57. The molecular formula is C18H26N2O5. The van der Waals surface area contributed by atoms with Gasteiger partial charge in [0, 0.05) is 11.6 Å². The Bertz CT molecular complexity index is 584.